The Morgan fingerprint density at radius 2 is 1.84 bits per heavy atom. The lowest BCUT2D eigenvalue weighted by Gasteiger charge is -2.07. The highest BCUT2D eigenvalue weighted by molar-refractivity contribution is 7.09. The molecule has 0 aliphatic carbocycles. The zero-order valence-corrected chi connectivity index (χ0v) is 15.5. The largest absolute Gasteiger partial charge is 0.396 e. The van der Waals surface area contributed by atoms with E-state index in [-0.39, 0.29) is 12.3 Å². The fourth-order valence-corrected chi connectivity index (χ4v) is 3.62. The molecule has 0 saturated heterocycles. The van der Waals surface area contributed by atoms with Gasteiger partial charge in [0, 0.05) is 17.5 Å². The second-order valence-electron chi connectivity index (χ2n) is 5.47. The van der Waals surface area contributed by atoms with E-state index in [0.29, 0.717) is 21.4 Å². The fraction of sp³-hybridized carbons (Fsp3) is 0.111. The Hall–Kier alpha value is -2.08. The summed E-state index contributed by atoms with van der Waals surface area (Å²) < 4.78 is 0. The van der Waals surface area contributed by atoms with Gasteiger partial charge in [-0.05, 0) is 17.7 Å². The van der Waals surface area contributed by atoms with Gasteiger partial charge >= 0.3 is 0 Å². The second-order valence-corrected chi connectivity index (χ2v) is 7.23. The third-order valence-corrected chi connectivity index (χ3v) is 5.03. The van der Waals surface area contributed by atoms with Crippen molar-refractivity contribution in [1.82, 2.24) is 4.98 Å². The van der Waals surface area contributed by atoms with E-state index in [1.807, 2.05) is 23.6 Å². The summed E-state index contributed by atoms with van der Waals surface area (Å²) in [4.78, 5) is 16.7. The first kappa shape index (κ1) is 17.7. The highest BCUT2D eigenvalue weighted by Crippen LogP contribution is 2.31. The summed E-state index contributed by atoms with van der Waals surface area (Å²) in [5.41, 5.74) is 8.42. The van der Waals surface area contributed by atoms with E-state index in [1.54, 1.807) is 23.5 Å². The van der Waals surface area contributed by atoms with Crippen LogP contribution in [-0.4, -0.2) is 10.9 Å². The van der Waals surface area contributed by atoms with Crippen molar-refractivity contribution in [1.29, 1.82) is 0 Å². The van der Waals surface area contributed by atoms with Gasteiger partial charge < -0.3 is 11.1 Å². The smallest absolute Gasteiger partial charge is 0.230 e. The zero-order chi connectivity index (χ0) is 17.8. The lowest BCUT2D eigenvalue weighted by molar-refractivity contribution is -0.115. The quantitative estimate of drug-likeness (QED) is 0.613. The predicted octanol–water partition coefficient (Wildman–Crippen LogP) is 4.80. The molecule has 0 unspecified atom stereocenters. The van der Waals surface area contributed by atoms with Crippen LogP contribution in [0.1, 0.15) is 16.3 Å². The van der Waals surface area contributed by atoms with Gasteiger partial charge in [-0.15, -0.1) is 11.3 Å². The second kappa shape index (κ2) is 7.87. The number of amides is 1. The van der Waals surface area contributed by atoms with Gasteiger partial charge in [-0.25, -0.2) is 4.98 Å². The molecule has 0 fully saturated rings. The summed E-state index contributed by atoms with van der Waals surface area (Å²) in [6.07, 6.45) is 0.946. The van der Waals surface area contributed by atoms with Gasteiger partial charge in [-0.1, -0.05) is 53.5 Å². The molecule has 0 aliphatic rings. The third kappa shape index (κ3) is 4.72. The van der Waals surface area contributed by atoms with Crippen LogP contribution in [0.25, 0.3) is 0 Å². The van der Waals surface area contributed by atoms with Crippen LogP contribution < -0.4 is 11.1 Å². The minimum absolute atomic E-state index is 0.185. The van der Waals surface area contributed by atoms with Crippen LogP contribution in [0.2, 0.25) is 10.0 Å². The number of benzene rings is 2. The number of anilines is 2. The topological polar surface area (TPSA) is 68.0 Å². The minimum atomic E-state index is -0.187. The first-order valence-corrected chi connectivity index (χ1v) is 9.16. The average Bonchev–Trinajstić information content (AvgIpc) is 3.00. The molecule has 7 heteroatoms. The average molecular weight is 392 g/mol. The molecule has 0 atom stereocenters. The van der Waals surface area contributed by atoms with E-state index in [9.17, 15) is 4.79 Å². The van der Waals surface area contributed by atoms with Crippen molar-refractivity contribution in [3.63, 3.8) is 0 Å². The molecule has 0 spiro atoms. The van der Waals surface area contributed by atoms with Crippen molar-refractivity contribution in [2.75, 3.05) is 11.1 Å². The van der Waals surface area contributed by atoms with Gasteiger partial charge in [0.05, 0.1) is 32.9 Å². The molecule has 0 bridgehead atoms. The number of carbonyl (C=O) groups is 1. The molecule has 0 aliphatic heterocycles. The van der Waals surface area contributed by atoms with Crippen molar-refractivity contribution in [3.8, 4) is 0 Å². The normalized spacial score (nSPS) is 10.6. The van der Waals surface area contributed by atoms with Crippen molar-refractivity contribution in [2.24, 2.45) is 0 Å². The maximum Gasteiger partial charge on any atom is 0.230 e. The number of halogens is 2. The molecule has 3 rings (SSSR count). The molecule has 128 valence electrons. The van der Waals surface area contributed by atoms with Crippen LogP contribution in [-0.2, 0) is 17.6 Å². The number of nitrogen functional groups attached to an aromatic ring is 1. The molecule has 4 nitrogen and oxygen atoms in total. The minimum Gasteiger partial charge on any atom is -0.396 e. The summed E-state index contributed by atoms with van der Waals surface area (Å²) in [5, 5.41) is 6.26. The monoisotopic (exact) mass is 391 g/mol. The highest BCUT2D eigenvalue weighted by atomic mass is 35.5. The fourth-order valence-electron chi connectivity index (χ4n) is 2.31. The van der Waals surface area contributed by atoms with Gasteiger partial charge in [-0.3, -0.25) is 4.79 Å². The van der Waals surface area contributed by atoms with Crippen LogP contribution in [0.3, 0.4) is 0 Å². The Bertz CT molecular complexity index is 873. The van der Waals surface area contributed by atoms with E-state index in [0.717, 1.165) is 17.1 Å². The summed E-state index contributed by atoms with van der Waals surface area (Å²) in [6.45, 7) is 0. The summed E-state index contributed by atoms with van der Waals surface area (Å²) >= 11 is 13.5. The summed E-state index contributed by atoms with van der Waals surface area (Å²) in [6, 6.07) is 13.2. The Kier molecular flexibility index (Phi) is 5.58. The van der Waals surface area contributed by atoms with Crippen LogP contribution in [0.15, 0.2) is 47.8 Å². The zero-order valence-electron chi connectivity index (χ0n) is 13.1. The first-order chi connectivity index (χ1) is 12.0. The van der Waals surface area contributed by atoms with Gasteiger partial charge in [0.2, 0.25) is 5.91 Å². The first-order valence-electron chi connectivity index (χ1n) is 7.53. The number of hydrogen-bond acceptors (Lipinski definition) is 4. The number of thiazole rings is 1. The Balaban J connectivity index is 1.62. The molecule has 1 amide bonds. The van der Waals surface area contributed by atoms with E-state index in [4.69, 9.17) is 28.9 Å². The highest BCUT2D eigenvalue weighted by Gasteiger charge is 2.11. The number of rotatable bonds is 5. The molecular formula is C18H15Cl2N3OS. The number of aromatic nitrogens is 1. The SMILES string of the molecule is Nc1c(Cl)cc(NC(=O)Cc2csc(Cc3ccccc3)n2)cc1Cl. The van der Waals surface area contributed by atoms with Crippen LogP contribution in [0.5, 0.6) is 0 Å². The van der Waals surface area contributed by atoms with E-state index in [2.05, 4.69) is 22.4 Å². The number of nitrogens with one attached hydrogen (secondary N) is 1. The molecule has 3 N–H and O–H groups in total. The molecule has 3 aromatic rings. The van der Waals surface area contributed by atoms with Gasteiger partial charge in [-0.2, -0.15) is 0 Å². The molecule has 1 heterocycles. The van der Waals surface area contributed by atoms with E-state index in [1.165, 1.54) is 5.56 Å². The van der Waals surface area contributed by atoms with E-state index >= 15 is 0 Å². The Morgan fingerprint density at radius 3 is 2.52 bits per heavy atom. The Labute approximate surface area is 159 Å². The maximum atomic E-state index is 12.2. The predicted molar refractivity (Wildman–Crippen MR) is 105 cm³/mol. The van der Waals surface area contributed by atoms with Crippen molar-refractivity contribution in [2.45, 2.75) is 12.8 Å². The number of nitrogens with two attached hydrogens (primary N) is 1. The van der Waals surface area contributed by atoms with Gasteiger partial charge in [0.15, 0.2) is 0 Å². The van der Waals surface area contributed by atoms with Gasteiger partial charge in [0.1, 0.15) is 0 Å². The Morgan fingerprint density at radius 1 is 1.16 bits per heavy atom. The molecule has 0 saturated carbocycles. The van der Waals surface area contributed by atoms with Crippen molar-refractivity contribution >= 4 is 51.8 Å². The number of carbonyl (C=O) groups excluding carboxylic acids is 1. The van der Waals surface area contributed by atoms with Crippen LogP contribution in [0.4, 0.5) is 11.4 Å². The van der Waals surface area contributed by atoms with E-state index < -0.39 is 0 Å². The summed E-state index contributed by atoms with van der Waals surface area (Å²) in [7, 11) is 0. The van der Waals surface area contributed by atoms with Crippen LogP contribution in [0, 0.1) is 0 Å². The summed E-state index contributed by atoms with van der Waals surface area (Å²) in [5.74, 6) is -0.187. The maximum absolute atomic E-state index is 12.2. The number of hydrogen-bond donors (Lipinski definition) is 2. The van der Waals surface area contributed by atoms with Crippen molar-refractivity contribution < 1.29 is 4.79 Å². The third-order valence-electron chi connectivity index (χ3n) is 3.50. The number of nitrogens with zero attached hydrogens (tertiary/aromatic N) is 1. The lowest BCUT2D eigenvalue weighted by atomic mass is 10.2. The molecule has 0 radical (unpaired) electrons. The molecular weight excluding hydrogens is 377 g/mol. The molecule has 2 aromatic carbocycles. The van der Waals surface area contributed by atoms with Crippen molar-refractivity contribution in [3.05, 3.63) is 74.2 Å². The van der Waals surface area contributed by atoms with Gasteiger partial charge in [0.25, 0.3) is 0 Å². The standard InChI is InChI=1S/C18H15Cl2N3OS/c19-14-7-12(8-15(20)18(14)21)22-16(24)9-13-10-25-17(23-13)6-11-4-2-1-3-5-11/h1-5,7-8,10H,6,9,21H2,(H,22,24). The lowest BCUT2D eigenvalue weighted by Crippen LogP contribution is -2.14. The van der Waals surface area contributed by atoms with Crippen LogP contribution >= 0.6 is 34.5 Å². The molecule has 25 heavy (non-hydrogen) atoms. The molecule has 1 aromatic heterocycles.